The molecule has 2 heterocycles. The van der Waals surface area contributed by atoms with Crippen LogP contribution < -0.4 is 0 Å². The molecule has 1 fully saturated rings. The Morgan fingerprint density at radius 1 is 1.47 bits per heavy atom. The maximum atomic E-state index is 9.06. The smallest absolute Gasteiger partial charge is 0.0939 e. The Hall–Kier alpha value is -0.860. The van der Waals surface area contributed by atoms with Crippen molar-refractivity contribution in [1.82, 2.24) is 0 Å². The number of fused-ring (bicyclic) bond motifs is 4. The van der Waals surface area contributed by atoms with Gasteiger partial charge in [0.2, 0.25) is 0 Å². The number of ether oxygens (including phenoxy) is 1. The number of aliphatic hydroxyl groups excluding tert-OH is 1. The molecule has 1 N–H and O–H groups in total. The molecule has 1 saturated heterocycles. The molecule has 92 valence electrons. The van der Waals surface area contributed by atoms with Crippen molar-refractivity contribution in [3.8, 4) is 0 Å². The molecule has 0 spiro atoms. The molecule has 0 aliphatic carbocycles. The summed E-state index contributed by atoms with van der Waals surface area (Å²) in [5.41, 5.74) is 4.10. The van der Waals surface area contributed by atoms with Crippen molar-refractivity contribution in [1.29, 1.82) is 0 Å². The lowest BCUT2D eigenvalue weighted by Crippen LogP contribution is -2.33. The molecule has 1 aromatic carbocycles. The summed E-state index contributed by atoms with van der Waals surface area (Å²) >= 11 is 0. The van der Waals surface area contributed by atoms with E-state index in [1.165, 1.54) is 23.1 Å². The third-order valence-corrected chi connectivity index (χ3v) is 4.20. The second-order valence-electron chi connectivity index (χ2n) is 5.46. The van der Waals surface area contributed by atoms with Gasteiger partial charge in [-0.15, -0.1) is 0 Å². The van der Waals surface area contributed by atoms with E-state index in [0.29, 0.717) is 6.10 Å². The zero-order chi connectivity index (χ0) is 11.9. The Kier molecular flexibility index (Phi) is 2.72. The number of aryl methyl sites for hydroxylation is 1. The zero-order valence-corrected chi connectivity index (χ0v) is 10.4. The Labute approximate surface area is 103 Å². The van der Waals surface area contributed by atoms with Crippen molar-refractivity contribution < 1.29 is 9.84 Å². The summed E-state index contributed by atoms with van der Waals surface area (Å²) in [7, 11) is 0. The number of hydrogen-bond donors (Lipinski definition) is 1. The van der Waals surface area contributed by atoms with E-state index in [1.807, 2.05) is 0 Å². The van der Waals surface area contributed by atoms with Crippen molar-refractivity contribution in [2.75, 3.05) is 6.61 Å². The van der Waals surface area contributed by atoms with E-state index < -0.39 is 0 Å². The van der Waals surface area contributed by atoms with E-state index in [4.69, 9.17) is 9.84 Å². The van der Waals surface area contributed by atoms with Gasteiger partial charge in [0.15, 0.2) is 0 Å². The average Bonchev–Trinajstić information content (AvgIpc) is 2.66. The highest BCUT2D eigenvalue weighted by molar-refractivity contribution is 5.39. The Bertz CT molecular complexity index is 427. The van der Waals surface area contributed by atoms with Crippen LogP contribution >= 0.6 is 0 Å². The molecule has 2 nitrogen and oxygen atoms in total. The molecule has 0 saturated carbocycles. The summed E-state index contributed by atoms with van der Waals surface area (Å²) in [6.45, 7) is 2.41. The predicted octanol–water partition coefficient (Wildman–Crippen LogP) is 2.70. The van der Waals surface area contributed by atoms with Gasteiger partial charge in [0, 0.05) is 6.61 Å². The first-order chi connectivity index (χ1) is 8.23. The summed E-state index contributed by atoms with van der Waals surface area (Å²) in [6, 6.07) is 6.73. The lowest BCUT2D eigenvalue weighted by Gasteiger charge is -2.36. The molecule has 0 radical (unpaired) electrons. The van der Waals surface area contributed by atoms with E-state index in [-0.39, 0.29) is 12.2 Å². The monoisotopic (exact) mass is 232 g/mol. The van der Waals surface area contributed by atoms with Gasteiger partial charge in [-0.1, -0.05) is 23.8 Å². The van der Waals surface area contributed by atoms with Gasteiger partial charge in [0.1, 0.15) is 0 Å². The van der Waals surface area contributed by atoms with Gasteiger partial charge in [-0.3, -0.25) is 0 Å². The van der Waals surface area contributed by atoms with Crippen LogP contribution in [0.15, 0.2) is 18.2 Å². The van der Waals surface area contributed by atoms with E-state index in [1.54, 1.807) is 0 Å². The third-order valence-electron chi connectivity index (χ3n) is 4.20. The standard InChI is InChI=1S/C15H20O2/c1-11-3-4-14-12(9-11)10-13-5-7-15(14,17-13)6-2-8-16/h3-4,9,13,16H,2,5-8,10H2,1H3/t13-,15+/m1/s1. The van der Waals surface area contributed by atoms with Crippen LogP contribution in [0.5, 0.6) is 0 Å². The van der Waals surface area contributed by atoms with E-state index in [9.17, 15) is 0 Å². The predicted molar refractivity (Wildman–Crippen MR) is 67.0 cm³/mol. The Balaban J connectivity index is 2.00. The zero-order valence-electron chi connectivity index (χ0n) is 10.4. The second kappa shape index (κ2) is 4.11. The van der Waals surface area contributed by atoms with Gasteiger partial charge in [0.05, 0.1) is 11.7 Å². The third kappa shape index (κ3) is 1.80. The molecule has 2 heteroatoms. The minimum Gasteiger partial charge on any atom is -0.396 e. The quantitative estimate of drug-likeness (QED) is 0.868. The largest absolute Gasteiger partial charge is 0.396 e. The SMILES string of the molecule is Cc1ccc2c(c1)C[C@H]1CC[C@]2(CCCO)O1. The fourth-order valence-corrected chi connectivity index (χ4v) is 3.44. The van der Waals surface area contributed by atoms with Gasteiger partial charge in [-0.05, 0) is 50.2 Å². The fraction of sp³-hybridized carbons (Fsp3) is 0.600. The summed E-state index contributed by atoms with van der Waals surface area (Å²) < 4.78 is 6.24. The van der Waals surface area contributed by atoms with Gasteiger partial charge in [-0.25, -0.2) is 0 Å². The minimum absolute atomic E-state index is 0.0886. The summed E-state index contributed by atoms with van der Waals surface area (Å²) in [6.07, 6.45) is 5.55. The van der Waals surface area contributed by atoms with Crippen molar-refractivity contribution in [2.45, 2.75) is 50.7 Å². The number of aliphatic hydroxyl groups is 1. The molecular weight excluding hydrogens is 212 g/mol. The lowest BCUT2D eigenvalue weighted by atomic mass is 9.83. The van der Waals surface area contributed by atoms with Gasteiger partial charge in [-0.2, -0.15) is 0 Å². The first-order valence-electron chi connectivity index (χ1n) is 6.62. The van der Waals surface area contributed by atoms with Crippen molar-refractivity contribution >= 4 is 0 Å². The highest BCUT2D eigenvalue weighted by atomic mass is 16.5. The summed E-state index contributed by atoms with van der Waals surface area (Å²) in [5, 5.41) is 9.06. The molecule has 3 rings (SSSR count). The van der Waals surface area contributed by atoms with E-state index in [0.717, 1.165) is 25.7 Å². The van der Waals surface area contributed by atoms with E-state index in [2.05, 4.69) is 25.1 Å². The summed E-state index contributed by atoms with van der Waals surface area (Å²) in [5.74, 6) is 0. The van der Waals surface area contributed by atoms with Crippen LogP contribution in [0.25, 0.3) is 0 Å². The fourth-order valence-electron chi connectivity index (χ4n) is 3.44. The maximum Gasteiger partial charge on any atom is 0.0939 e. The van der Waals surface area contributed by atoms with Crippen LogP contribution in [0.2, 0.25) is 0 Å². The lowest BCUT2D eigenvalue weighted by molar-refractivity contribution is -0.0653. The van der Waals surface area contributed by atoms with Gasteiger partial charge >= 0.3 is 0 Å². The van der Waals surface area contributed by atoms with Gasteiger partial charge in [0.25, 0.3) is 0 Å². The summed E-state index contributed by atoms with van der Waals surface area (Å²) in [4.78, 5) is 0. The number of benzene rings is 1. The van der Waals surface area contributed by atoms with Crippen LogP contribution in [0.4, 0.5) is 0 Å². The molecule has 0 amide bonds. The van der Waals surface area contributed by atoms with Crippen molar-refractivity contribution in [3.05, 3.63) is 34.9 Å². The first-order valence-corrected chi connectivity index (χ1v) is 6.62. The topological polar surface area (TPSA) is 29.5 Å². The highest BCUT2D eigenvalue weighted by Crippen LogP contribution is 2.48. The van der Waals surface area contributed by atoms with Crippen LogP contribution in [-0.2, 0) is 16.8 Å². The van der Waals surface area contributed by atoms with Gasteiger partial charge < -0.3 is 9.84 Å². The second-order valence-corrected chi connectivity index (χ2v) is 5.46. The van der Waals surface area contributed by atoms with Crippen LogP contribution in [0, 0.1) is 6.92 Å². The number of hydrogen-bond acceptors (Lipinski definition) is 2. The molecule has 2 aliphatic rings. The molecule has 2 bridgehead atoms. The molecule has 0 aromatic heterocycles. The molecule has 2 aliphatic heterocycles. The Morgan fingerprint density at radius 2 is 2.35 bits per heavy atom. The highest BCUT2D eigenvalue weighted by Gasteiger charge is 2.45. The molecule has 17 heavy (non-hydrogen) atoms. The minimum atomic E-state index is -0.0886. The molecule has 1 aromatic rings. The number of rotatable bonds is 3. The Morgan fingerprint density at radius 3 is 3.18 bits per heavy atom. The normalized spacial score (nSPS) is 30.4. The average molecular weight is 232 g/mol. The van der Waals surface area contributed by atoms with Crippen molar-refractivity contribution in [3.63, 3.8) is 0 Å². The molecule has 2 atom stereocenters. The maximum absolute atomic E-state index is 9.06. The van der Waals surface area contributed by atoms with Crippen LogP contribution in [-0.4, -0.2) is 17.8 Å². The van der Waals surface area contributed by atoms with E-state index >= 15 is 0 Å². The van der Waals surface area contributed by atoms with Crippen molar-refractivity contribution in [2.24, 2.45) is 0 Å². The molecular formula is C15H20O2. The van der Waals surface area contributed by atoms with Crippen LogP contribution in [0.1, 0.15) is 42.4 Å². The van der Waals surface area contributed by atoms with Crippen LogP contribution in [0.3, 0.4) is 0 Å². The molecule has 0 unspecified atom stereocenters. The first kappa shape index (κ1) is 11.2.